The van der Waals surface area contributed by atoms with Gasteiger partial charge >= 0.3 is 0 Å². The van der Waals surface area contributed by atoms with Crippen LogP contribution in [0.15, 0.2) is 66.9 Å². The van der Waals surface area contributed by atoms with Gasteiger partial charge in [-0.05, 0) is 43.3 Å². The van der Waals surface area contributed by atoms with E-state index in [2.05, 4.69) is 10.2 Å². The zero-order chi connectivity index (χ0) is 22.5. The fourth-order valence-corrected chi connectivity index (χ4v) is 3.33. The first-order valence-electron chi connectivity index (χ1n) is 9.89. The summed E-state index contributed by atoms with van der Waals surface area (Å²) in [4.78, 5) is 0. The largest absolute Gasteiger partial charge is 0.507 e. The molecule has 4 rings (SSSR count). The van der Waals surface area contributed by atoms with Crippen LogP contribution in [0, 0.1) is 5.82 Å². The number of para-hydroxylation sites is 2. The van der Waals surface area contributed by atoms with Gasteiger partial charge in [0.2, 0.25) is 0 Å². The number of halogens is 2. The highest BCUT2D eigenvalue weighted by Gasteiger charge is 2.16. The van der Waals surface area contributed by atoms with Gasteiger partial charge in [0.15, 0.2) is 17.2 Å². The number of aromatic amines is 1. The lowest BCUT2D eigenvalue weighted by atomic mass is 10.1. The Morgan fingerprint density at radius 2 is 1.81 bits per heavy atom. The van der Waals surface area contributed by atoms with Crippen molar-refractivity contribution in [1.29, 1.82) is 0 Å². The highest BCUT2D eigenvalue weighted by Crippen LogP contribution is 2.40. The number of phenols is 1. The topological polar surface area (TPSA) is 76.6 Å². The molecule has 8 heteroatoms. The van der Waals surface area contributed by atoms with Crippen molar-refractivity contribution in [1.82, 2.24) is 10.2 Å². The Hall–Kier alpha value is -3.71. The van der Waals surface area contributed by atoms with Crippen molar-refractivity contribution in [3.05, 3.63) is 83.3 Å². The minimum atomic E-state index is -0.454. The molecule has 1 aromatic heterocycles. The Morgan fingerprint density at radius 3 is 2.56 bits per heavy atom. The third kappa shape index (κ3) is 4.63. The van der Waals surface area contributed by atoms with E-state index in [1.54, 1.807) is 24.3 Å². The van der Waals surface area contributed by atoms with Gasteiger partial charge in [0.1, 0.15) is 29.6 Å². The molecule has 0 fully saturated rings. The van der Waals surface area contributed by atoms with Crippen molar-refractivity contribution in [3.8, 4) is 40.0 Å². The van der Waals surface area contributed by atoms with Crippen molar-refractivity contribution in [2.24, 2.45) is 0 Å². The molecular formula is C24H20ClFN2O4. The van der Waals surface area contributed by atoms with Crippen LogP contribution < -0.4 is 14.2 Å². The Kier molecular flexibility index (Phi) is 6.47. The van der Waals surface area contributed by atoms with E-state index in [9.17, 15) is 9.50 Å². The number of hydrogen-bond acceptors (Lipinski definition) is 5. The summed E-state index contributed by atoms with van der Waals surface area (Å²) in [6.07, 6.45) is 1.52. The second-order valence-electron chi connectivity index (χ2n) is 6.76. The van der Waals surface area contributed by atoms with Crippen LogP contribution in [0.3, 0.4) is 0 Å². The second-order valence-corrected chi connectivity index (χ2v) is 7.17. The quantitative estimate of drug-likeness (QED) is 0.324. The van der Waals surface area contributed by atoms with Gasteiger partial charge in [0, 0.05) is 17.2 Å². The van der Waals surface area contributed by atoms with Crippen LogP contribution in [-0.4, -0.2) is 21.9 Å². The van der Waals surface area contributed by atoms with Crippen LogP contribution in [0.25, 0.3) is 11.3 Å². The molecule has 0 aliphatic heterocycles. The normalized spacial score (nSPS) is 10.7. The summed E-state index contributed by atoms with van der Waals surface area (Å²) >= 11 is 6.03. The molecule has 0 bridgehead atoms. The van der Waals surface area contributed by atoms with E-state index < -0.39 is 5.82 Å². The highest BCUT2D eigenvalue weighted by molar-refractivity contribution is 6.31. The SMILES string of the molecule is CCOc1ccccc1Oc1cn[nH]c1-c1ccc(OCc2c(F)cccc2Cl)cc1O. The molecule has 6 nitrogen and oxygen atoms in total. The van der Waals surface area contributed by atoms with Crippen LogP contribution in [0.1, 0.15) is 12.5 Å². The molecule has 0 unspecified atom stereocenters. The molecule has 1 heterocycles. The minimum absolute atomic E-state index is 0.0608. The summed E-state index contributed by atoms with van der Waals surface area (Å²) in [6, 6.07) is 16.5. The number of ether oxygens (including phenoxy) is 3. The summed E-state index contributed by atoms with van der Waals surface area (Å²) < 4.78 is 31.1. The second kappa shape index (κ2) is 9.62. The Morgan fingerprint density at radius 1 is 1.00 bits per heavy atom. The maximum atomic E-state index is 13.9. The summed E-state index contributed by atoms with van der Waals surface area (Å²) in [5.74, 6) is 1.38. The predicted octanol–water partition coefficient (Wildman–Crippen LogP) is 6.34. The van der Waals surface area contributed by atoms with Crippen LogP contribution in [0.4, 0.5) is 4.39 Å². The number of nitrogens with one attached hydrogen (secondary N) is 1. The third-order valence-corrected chi connectivity index (χ3v) is 5.01. The van der Waals surface area contributed by atoms with Crippen LogP contribution in [0.2, 0.25) is 5.02 Å². The monoisotopic (exact) mass is 454 g/mol. The lowest BCUT2D eigenvalue weighted by Crippen LogP contribution is -1.99. The fourth-order valence-electron chi connectivity index (χ4n) is 3.11. The molecule has 0 saturated heterocycles. The summed E-state index contributed by atoms with van der Waals surface area (Å²) in [5, 5.41) is 17.7. The van der Waals surface area contributed by atoms with E-state index in [0.29, 0.717) is 40.9 Å². The number of hydrogen-bond donors (Lipinski definition) is 2. The Labute approximate surface area is 189 Å². The van der Waals surface area contributed by atoms with Crippen LogP contribution in [-0.2, 0) is 6.61 Å². The van der Waals surface area contributed by atoms with E-state index in [4.69, 9.17) is 25.8 Å². The predicted molar refractivity (Wildman–Crippen MR) is 119 cm³/mol. The fraction of sp³-hybridized carbons (Fsp3) is 0.125. The van der Waals surface area contributed by atoms with Gasteiger partial charge in [-0.3, -0.25) is 5.10 Å². The van der Waals surface area contributed by atoms with E-state index >= 15 is 0 Å². The van der Waals surface area contributed by atoms with Crippen LogP contribution >= 0.6 is 11.6 Å². The van der Waals surface area contributed by atoms with E-state index in [-0.39, 0.29) is 22.9 Å². The van der Waals surface area contributed by atoms with Crippen molar-refractivity contribution in [2.45, 2.75) is 13.5 Å². The summed E-state index contributed by atoms with van der Waals surface area (Å²) in [6.45, 7) is 2.32. The number of aromatic hydroxyl groups is 1. The molecule has 0 radical (unpaired) electrons. The highest BCUT2D eigenvalue weighted by atomic mass is 35.5. The molecule has 0 spiro atoms. The average Bonchev–Trinajstić information content (AvgIpc) is 3.23. The first kappa shape index (κ1) is 21.5. The van der Waals surface area contributed by atoms with Crippen molar-refractivity contribution in [3.63, 3.8) is 0 Å². The summed E-state index contributed by atoms with van der Waals surface area (Å²) in [5.41, 5.74) is 1.19. The molecule has 0 amide bonds. The van der Waals surface area contributed by atoms with Gasteiger partial charge in [0.25, 0.3) is 0 Å². The standard InChI is InChI=1S/C24H20ClFN2O4/c1-2-30-21-8-3-4-9-22(21)32-23-13-27-28-24(23)16-11-10-15(12-20(16)29)31-14-17-18(25)6-5-7-19(17)26/h3-13,29H,2,14H2,1H3,(H,27,28). The molecule has 32 heavy (non-hydrogen) atoms. The van der Waals surface area contributed by atoms with Gasteiger partial charge in [0.05, 0.1) is 17.8 Å². The smallest absolute Gasteiger partial charge is 0.173 e. The number of nitrogens with zero attached hydrogens (tertiary/aromatic N) is 1. The number of phenolic OH excluding ortho intramolecular Hbond substituents is 1. The van der Waals surface area contributed by atoms with Crippen molar-refractivity contribution < 1.29 is 23.7 Å². The van der Waals surface area contributed by atoms with Gasteiger partial charge in [-0.2, -0.15) is 5.10 Å². The molecule has 3 aromatic carbocycles. The molecule has 4 aromatic rings. The van der Waals surface area contributed by atoms with Gasteiger partial charge in [-0.1, -0.05) is 29.8 Å². The molecule has 0 atom stereocenters. The lowest BCUT2D eigenvalue weighted by molar-refractivity contribution is 0.298. The third-order valence-electron chi connectivity index (χ3n) is 4.66. The summed E-state index contributed by atoms with van der Waals surface area (Å²) in [7, 11) is 0. The minimum Gasteiger partial charge on any atom is -0.507 e. The van der Waals surface area contributed by atoms with Gasteiger partial charge < -0.3 is 19.3 Å². The van der Waals surface area contributed by atoms with Gasteiger partial charge in [-0.25, -0.2) is 4.39 Å². The van der Waals surface area contributed by atoms with Crippen molar-refractivity contribution in [2.75, 3.05) is 6.61 Å². The molecular weight excluding hydrogens is 435 g/mol. The number of aromatic nitrogens is 2. The van der Waals surface area contributed by atoms with Crippen molar-refractivity contribution >= 4 is 11.6 Å². The van der Waals surface area contributed by atoms with E-state index in [0.717, 1.165) is 0 Å². The van der Waals surface area contributed by atoms with Gasteiger partial charge in [-0.15, -0.1) is 0 Å². The zero-order valence-corrected chi connectivity index (χ0v) is 17.9. The zero-order valence-electron chi connectivity index (χ0n) is 17.1. The number of benzene rings is 3. The maximum absolute atomic E-state index is 13.9. The Bertz CT molecular complexity index is 1210. The first-order valence-corrected chi connectivity index (χ1v) is 10.3. The number of H-pyrrole nitrogens is 1. The molecule has 0 saturated carbocycles. The van der Waals surface area contributed by atoms with Crippen LogP contribution in [0.5, 0.6) is 28.7 Å². The van der Waals surface area contributed by atoms with E-state index in [1.807, 2.05) is 25.1 Å². The molecule has 0 aliphatic rings. The number of rotatable bonds is 8. The first-order chi connectivity index (χ1) is 15.6. The maximum Gasteiger partial charge on any atom is 0.173 e. The molecule has 2 N–H and O–H groups in total. The average molecular weight is 455 g/mol. The Balaban J connectivity index is 1.54. The molecule has 0 aliphatic carbocycles. The lowest BCUT2D eigenvalue weighted by Gasteiger charge is -2.13. The molecule has 164 valence electrons. The van der Waals surface area contributed by atoms with E-state index in [1.165, 1.54) is 24.4 Å².